The number of hydrogen-bond acceptors (Lipinski definition) is 6. The van der Waals surface area contributed by atoms with E-state index in [9.17, 15) is 23.5 Å². The van der Waals surface area contributed by atoms with Gasteiger partial charge in [-0.15, -0.1) is 5.10 Å². The van der Waals surface area contributed by atoms with Crippen molar-refractivity contribution in [3.63, 3.8) is 0 Å². The lowest BCUT2D eigenvalue weighted by atomic mass is 9.78. The van der Waals surface area contributed by atoms with Crippen molar-refractivity contribution >= 4 is 23.4 Å². The molecule has 2 amide bonds. The first-order valence-electron chi connectivity index (χ1n) is 14.0. The molecule has 224 valence electrons. The Morgan fingerprint density at radius 1 is 1.14 bits per heavy atom. The molecule has 9 nitrogen and oxygen atoms in total. The first kappa shape index (κ1) is 30.1. The Balaban J connectivity index is 1.31. The molecular weight excluding hydrogens is 566 g/mol. The van der Waals surface area contributed by atoms with E-state index in [1.165, 1.54) is 12.3 Å². The maximum atomic E-state index is 14.3. The van der Waals surface area contributed by atoms with Gasteiger partial charge in [0, 0.05) is 30.2 Å². The topological polar surface area (TPSA) is 112 Å². The van der Waals surface area contributed by atoms with E-state index in [0.717, 1.165) is 35.2 Å². The van der Waals surface area contributed by atoms with Crippen molar-refractivity contribution < 1.29 is 23.5 Å². The molecule has 3 N–H and O–H groups in total. The summed E-state index contributed by atoms with van der Waals surface area (Å²) in [6.45, 7) is 6.50. The highest BCUT2D eigenvalue weighted by Gasteiger charge is 2.49. The summed E-state index contributed by atoms with van der Waals surface area (Å²) in [5, 5.41) is 24.8. The summed E-state index contributed by atoms with van der Waals surface area (Å²) in [5.41, 5.74) is -1.54. The number of aromatic nitrogens is 3. The number of nitrogens with one attached hydrogen (secondary N) is 2. The minimum absolute atomic E-state index is 0.0183. The molecule has 1 saturated heterocycles. The number of nitrogens with zero attached hydrogens (tertiary/aromatic N) is 4. The summed E-state index contributed by atoms with van der Waals surface area (Å²) in [6.07, 6.45) is 4.30. The molecular formula is C30H35ClF2N6O3. The van der Waals surface area contributed by atoms with Crippen LogP contribution in [0.5, 0.6) is 0 Å². The van der Waals surface area contributed by atoms with Gasteiger partial charge in [-0.2, -0.15) is 0 Å². The lowest BCUT2D eigenvalue weighted by molar-refractivity contribution is -0.127. The minimum atomic E-state index is -0.879. The van der Waals surface area contributed by atoms with Gasteiger partial charge in [0.15, 0.2) is 11.5 Å². The number of likely N-dealkylation sites (tertiary alicyclic amines) is 1. The third-order valence-corrected chi connectivity index (χ3v) is 8.55. The van der Waals surface area contributed by atoms with Crippen LogP contribution in [0.25, 0.3) is 5.69 Å². The van der Waals surface area contributed by atoms with E-state index in [0.29, 0.717) is 31.0 Å². The van der Waals surface area contributed by atoms with Crippen molar-refractivity contribution in [1.29, 1.82) is 0 Å². The SMILES string of the molecule is CC1(O)CCC(N2CC(CC(=O)NC(C)(C)c3cccc(Cl)c3)(NC(=O)c3cn(-c4ccc(F)cc4F)nn3)C2)CC1. The molecule has 42 heavy (non-hydrogen) atoms. The van der Waals surface area contributed by atoms with E-state index >= 15 is 0 Å². The lowest BCUT2D eigenvalue weighted by Crippen LogP contribution is -2.73. The van der Waals surface area contributed by atoms with Gasteiger partial charge in [0.05, 0.1) is 29.3 Å². The molecule has 2 aromatic carbocycles. The smallest absolute Gasteiger partial charge is 0.274 e. The largest absolute Gasteiger partial charge is 0.390 e. The third-order valence-electron chi connectivity index (χ3n) is 8.32. The van der Waals surface area contributed by atoms with Gasteiger partial charge in [0.1, 0.15) is 11.5 Å². The Labute approximate surface area is 248 Å². The van der Waals surface area contributed by atoms with Crippen molar-refractivity contribution in [3.05, 3.63) is 76.6 Å². The van der Waals surface area contributed by atoms with Gasteiger partial charge in [-0.3, -0.25) is 14.5 Å². The van der Waals surface area contributed by atoms with Crippen LogP contribution in [-0.2, 0) is 10.3 Å². The Bertz CT molecular complexity index is 1480. The second kappa shape index (κ2) is 11.3. The molecule has 0 bridgehead atoms. The van der Waals surface area contributed by atoms with Crippen LogP contribution in [0.2, 0.25) is 5.02 Å². The Kier molecular flexibility index (Phi) is 8.12. The van der Waals surface area contributed by atoms with Crippen molar-refractivity contribution in [2.24, 2.45) is 0 Å². The quantitative estimate of drug-likeness (QED) is 0.359. The van der Waals surface area contributed by atoms with Crippen LogP contribution < -0.4 is 10.6 Å². The standard InChI is InChI=1S/C30H35ClF2N6O3/c1-28(2,19-5-4-6-20(31)13-19)34-26(40)15-30(17-38(18-30)22-9-11-29(3,42)12-10-22)35-27(41)24-16-39(37-36-24)25-8-7-21(32)14-23(25)33/h4-8,13-14,16,22,42H,9-12,15,17-18H2,1-3H3,(H,34,40)(H,35,41). The van der Waals surface area contributed by atoms with Gasteiger partial charge in [0.2, 0.25) is 5.91 Å². The van der Waals surface area contributed by atoms with Crippen LogP contribution in [0.15, 0.2) is 48.7 Å². The molecule has 2 fully saturated rings. The van der Waals surface area contributed by atoms with Crippen LogP contribution in [0.4, 0.5) is 8.78 Å². The molecule has 3 aromatic rings. The summed E-state index contributed by atoms with van der Waals surface area (Å²) in [6, 6.07) is 10.5. The number of rotatable bonds is 8. The summed E-state index contributed by atoms with van der Waals surface area (Å²) >= 11 is 6.17. The zero-order valence-corrected chi connectivity index (χ0v) is 24.6. The van der Waals surface area contributed by atoms with Crippen LogP contribution in [-0.4, -0.2) is 67.1 Å². The van der Waals surface area contributed by atoms with E-state index in [1.54, 1.807) is 12.1 Å². The summed E-state index contributed by atoms with van der Waals surface area (Å²) in [7, 11) is 0. The normalized spacial score (nSPS) is 22.3. The van der Waals surface area contributed by atoms with Crippen LogP contribution in [0, 0.1) is 11.6 Å². The van der Waals surface area contributed by atoms with E-state index in [1.807, 2.05) is 32.9 Å². The van der Waals surface area contributed by atoms with Crippen molar-refractivity contribution in [3.8, 4) is 5.69 Å². The summed E-state index contributed by atoms with van der Waals surface area (Å²) in [5.74, 6) is -2.38. The van der Waals surface area contributed by atoms with Gasteiger partial charge < -0.3 is 15.7 Å². The first-order valence-corrected chi connectivity index (χ1v) is 14.4. The molecule has 1 saturated carbocycles. The molecule has 0 radical (unpaired) electrons. The number of benzene rings is 2. The average molecular weight is 601 g/mol. The second-order valence-electron chi connectivity index (χ2n) is 12.4. The summed E-state index contributed by atoms with van der Waals surface area (Å²) < 4.78 is 28.7. The average Bonchev–Trinajstić information content (AvgIpc) is 3.37. The number of hydrogen-bond donors (Lipinski definition) is 3. The molecule has 5 rings (SSSR count). The van der Waals surface area contributed by atoms with Gasteiger partial charge in [-0.1, -0.05) is 28.9 Å². The van der Waals surface area contributed by atoms with Crippen LogP contribution >= 0.6 is 11.6 Å². The number of carbonyl (C=O) groups is 2. The van der Waals surface area contributed by atoms with Gasteiger partial charge in [-0.05, 0) is 76.3 Å². The molecule has 0 unspecified atom stereocenters. The van der Waals surface area contributed by atoms with Crippen molar-refractivity contribution in [2.45, 2.75) is 75.6 Å². The highest BCUT2D eigenvalue weighted by Crippen LogP contribution is 2.36. The van der Waals surface area contributed by atoms with E-state index in [-0.39, 0.29) is 29.8 Å². The predicted octanol–water partition coefficient (Wildman–Crippen LogP) is 4.12. The van der Waals surface area contributed by atoms with E-state index in [2.05, 4.69) is 25.8 Å². The minimum Gasteiger partial charge on any atom is -0.390 e. The van der Waals surface area contributed by atoms with Gasteiger partial charge in [0.25, 0.3) is 5.91 Å². The Hall–Kier alpha value is -3.41. The maximum absolute atomic E-state index is 14.3. The fraction of sp³-hybridized carbons (Fsp3) is 0.467. The molecule has 2 aliphatic rings. The monoisotopic (exact) mass is 600 g/mol. The molecule has 1 aromatic heterocycles. The second-order valence-corrected chi connectivity index (χ2v) is 12.8. The number of carbonyl (C=O) groups excluding carboxylic acids is 2. The number of halogens is 3. The fourth-order valence-electron chi connectivity index (χ4n) is 5.92. The highest BCUT2D eigenvalue weighted by molar-refractivity contribution is 6.30. The van der Waals surface area contributed by atoms with Gasteiger partial charge in [-0.25, -0.2) is 13.5 Å². The van der Waals surface area contributed by atoms with E-state index in [4.69, 9.17) is 11.6 Å². The molecule has 0 spiro atoms. The molecule has 1 aliphatic carbocycles. The zero-order valence-electron chi connectivity index (χ0n) is 23.8. The Morgan fingerprint density at radius 2 is 1.86 bits per heavy atom. The number of aliphatic hydroxyl groups is 1. The van der Waals surface area contributed by atoms with Crippen LogP contribution in [0.1, 0.15) is 68.9 Å². The van der Waals surface area contributed by atoms with Crippen LogP contribution in [0.3, 0.4) is 0 Å². The molecule has 1 aliphatic heterocycles. The fourth-order valence-corrected chi connectivity index (χ4v) is 6.11. The highest BCUT2D eigenvalue weighted by atomic mass is 35.5. The first-order chi connectivity index (χ1) is 19.7. The molecule has 0 atom stereocenters. The molecule has 12 heteroatoms. The predicted molar refractivity (Wildman–Crippen MR) is 153 cm³/mol. The maximum Gasteiger partial charge on any atom is 0.274 e. The van der Waals surface area contributed by atoms with Crippen molar-refractivity contribution in [1.82, 2.24) is 30.5 Å². The third kappa shape index (κ3) is 6.63. The lowest BCUT2D eigenvalue weighted by Gasteiger charge is -2.54. The summed E-state index contributed by atoms with van der Waals surface area (Å²) in [4.78, 5) is 29.0. The molecule has 2 heterocycles. The zero-order chi connectivity index (χ0) is 30.3. The number of amides is 2. The van der Waals surface area contributed by atoms with E-state index < -0.39 is 34.2 Å². The van der Waals surface area contributed by atoms with Gasteiger partial charge >= 0.3 is 0 Å². The van der Waals surface area contributed by atoms with Crippen molar-refractivity contribution in [2.75, 3.05) is 13.1 Å². The Morgan fingerprint density at radius 3 is 2.52 bits per heavy atom.